The van der Waals surface area contributed by atoms with Crippen molar-refractivity contribution in [2.45, 2.75) is 206 Å². The predicted molar refractivity (Wildman–Crippen MR) is 212 cm³/mol. The van der Waals surface area contributed by atoms with Gasteiger partial charge in [0.15, 0.2) is 0 Å². The van der Waals surface area contributed by atoms with Gasteiger partial charge < -0.3 is 4.74 Å². The van der Waals surface area contributed by atoms with E-state index in [0.717, 1.165) is 72.4 Å². The van der Waals surface area contributed by atoms with E-state index in [0.29, 0.717) is 0 Å². The van der Waals surface area contributed by atoms with Crippen molar-refractivity contribution in [3.63, 3.8) is 0 Å². The first-order valence-corrected chi connectivity index (χ1v) is 23.1. The molecule has 0 aromatic heterocycles. The second-order valence-corrected chi connectivity index (χ2v) is 19.1. The van der Waals surface area contributed by atoms with Crippen LogP contribution >= 0.6 is 0 Å². The molecule has 0 saturated heterocycles. The third-order valence-electron chi connectivity index (χ3n) is 16.1. The first-order valence-electron chi connectivity index (χ1n) is 23.1. The summed E-state index contributed by atoms with van der Waals surface area (Å²) in [6, 6.07) is 0. The van der Waals surface area contributed by atoms with Gasteiger partial charge in [0.05, 0.1) is 0 Å². The Labute approximate surface area is 306 Å². The molecule has 0 spiro atoms. The standard InChI is InChI=1S/C48H82O/c1-3-7-37-11-19-41(20-12-37)45-27-31-47(32-28-45)43-23-15-39(16-24-43)9-5-35-49-36-6-10-40-17-25-44(26-18-40)48-33-29-46(30-34-48)42-21-13-38(8-4-2)14-22-42/h15,17,37-38,41-48H,3-14,16,18-36H2,1-2H3. The minimum atomic E-state index is 0.967. The highest BCUT2D eigenvalue weighted by atomic mass is 16.5. The molecule has 4 fully saturated rings. The highest BCUT2D eigenvalue weighted by Crippen LogP contribution is 2.47. The third kappa shape index (κ3) is 11.7. The molecule has 0 N–H and O–H groups in total. The van der Waals surface area contributed by atoms with Crippen LogP contribution in [-0.2, 0) is 4.74 Å². The summed E-state index contributed by atoms with van der Waals surface area (Å²) in [5.41, 5.74) is 3.50. The Morgan fingerprint density at radius 2 is 0.755 bits per heavy atom. The molecule has 1 heteroatoms. The summed E-state index contributed by atoms with van der Waals surface area (Å²) in [7, 11) is 0. The molecule has 6 aliphatic carbocycles. The molecule has 4 saturated carbocycles. The Balaban J connectivity index is 0.760. The van der Waals surface area contributed by atoms with Crippen molar-refractivity contribution in [3.8, 4) is 0 Å². The molecule has 6 aliphatic rings. The monoisotopic (exact) mass is 675 g/mol. The van der Waals surface area contributed by atoms with E-state index >= 15 is 0 Å². The van der Waals surface area contributed by atoms with E-state index in [1.54, 1.807) is 114 Å². The van der Waals surface area contributed by atoms with Crippen molar-refractivity contribution in [2.75, 3.05) is 13.2 Å². The van der Waals surface area contributed by atoms with Crippen molar-refractivity contribution >= 4 is 0 Å². The predicted octanol–water partition coefficient (Wildman–Crippen LogP) is 14.8. The zero-order valence-corrected chi connectivity index (χ0v) is 33.0. The highest BCUT2D eigenvalue weighted by Gasteiger charge is 2.35. The topological polar surface area (TPSA) is 9.23 Å². The van der Waals surface area contributed by atoms with Crippen molar-refractivity contribution in [1.82, 2.24) is 0 Å². The summed E-state index contributed by atoms with van der Waals surface area (Å²) in [5, 5.41) is 0. The Hall–Kier alpha value is -0.560. The molecule has 1 nitrogen and oxygen atoms in total. The van der Waals surface area contributed by atoms with Crippen LogP contribution in [0.5, 0.6) is 0 Å². The van der Waals surface area contributed by atoms with Gasteiger partial charge >= 0.3 is 0 Å². The van der Waals surface area contributed by atoms with Crippen LogP contribution in [0, 0.1) is 59.2 Å². The van der Waals surface area contributed by atoms with E-state index in [1.165, 1.54) is 89.9 Å². The Bertz CT molecular complexity index is 881. The first-order chi connectivity index (χ1) is 24.2. The summed E-state index contributed by atoms with van der Waals surface area (Å²) >= 11 is 0. The van der Waals surface area contributed by atoms with Gasteiger partial charge in [-0.25, -0.2) is 0 Å². The minimum absolute atomic E-state index is 0.967. The molecule has 0 aromatic carbocycles. The Morgan fingerprint density at radius 1 is 0.429 bits per heavy atom. The van der Waals surface area contributed by atoms with Crippen LogP contribution in [0.15, 0.2) is 23.3 Å². The lowest BCUT2D eigenvalue weighted by Gasteiger charge is -2.40. The quantitative estimate of drug-likeness (QED) is 0.117. The summed E-state index contributed by atoms with van der Waals surface area (Å²) in [4.78, 5) is 0. The van der Waals surface area contributed by atoms with Gasteiger partial charge in [-0.05, 0) is 200 Å². The Kier molecular flexibility index (Phi) is 16.1. The van der Waals surface area contributed by atoms with Crippen LogP contribution in [-0.4, -0.2) is 13.2 Å². The zero-order chi connectivity index (χ0) is 33.7. The number of hydrogen-bond donors (Lipinski definition) is 0. The maximum absolute atomic E-state index is 6.15. The van der Waals surface area contributed by atoms with Crippen molar-refractivity contribution in [3.05, 3.63) is 23.3 Å². The SMILES string of the molecule is CCCC1CCC(C2CCC(C3CC=C(CCCOCCCC4=CCC(C5CCC(C6CCC(CCC)CC6)CC5)CC4)CC3)CC2)CC1. The summed E-state index contributed by atoms with van der Waals surface area (Å²) < 4.78 is 6.15. The third-order valence-corrected chi connectivity index (χ3v) is 16.1. The van der Waals surface area contributed by atoms with E-state index in [2.05, 4.69) is 26.0 Å². The van der Waals surface area contributed by atoms with Crippen molar-refractivity contribution < 1.29 is 4.74 Å². The van der Waals surface area contributed by atoms with Crippen molar-refractivity contribution in [1.29, 1.82) is 0 Å². The fourth-order valence-corrected chi connectivity index (χ4v) is 12.9. The fraction of sp³-hybridized carbons (Fsp3) is 0.917. The molecule has 0 bridgehead atoms. The molecule has 0 aliphatic heterocycles. The molecule has 280 valence electrons. The summed E-state index contributed by atoms with van der Waals surface area (Å²) in [6.45, 7) is 6.68. The lowest BCUT2D eigenvalue weighted by Crippen LogP contribution is -2.28. The normalized spacial score (nSPS) is 37.8. The largest absolute Gasteiger partial charge is 0.381 e. The average Bonchev–Trinajstić information content (AvgIpc) is 3.16. The number of rotatable bonds is 16. The van der Waals surface area contributed by atoms with Gasteiger partial charge in [0.2, 0.25) is 0 Å². The van der Waals surface area contributed by atoms with E-state index < -0.39 is 0 Å². The molecule has 6 rings (SSSR count). The van der Waals surface area contributed by atoms with Gasteiger partial charge in [0.25, 0.3) is 0 Å². The minimum Gasteiger partial charge on any atom is -0.381 e. The number of allylic oxidation sites excluding steroid dienone is 4. The fourth-order valence-electron chi connectivity index (χ4n) is 12.9. The van der Waals surface area contributed by atoms with Crippen molar-refractivity contribution in [2.24, 2.45) is 59.2 Å². The average molecular weight is 675 g/mol. The van der Waals surface area contributed by atoms with E-state index in [4.69, 9.17) is 4.74 Å². The van der Waals surface area contributed by atoms with Gasteiger partial charge in [-0.3, -0.25) is 0 Å². The molecule has 49 heavy (non-hydrogen) atoms. The van der Waals surface area contributed by atoms with Crippen LogP contribution in [0.4, 0.5) is 0 Å². The van der Waals surface area contributed by atoms with Crippen LogP contribution in [0.1, 0.15) is 206 Å². The molecular weight excluding hydrogens is 593 g/mol. The Morgan fingerprint density at radius 3 is 1.06 bits per heavy atom. The maximum atomic E-state index is 6.15. The van der Waals surface area contributed by atoms with Gasteiger partial charge in [-0.2, -0.15) is 0 Å². The molecular formula is C48H82O. The van der Waals surface area contributed by atoms with E-state index in [9.17, 15) is 0 Å². The highest BCUT2D eigenvalue weighted by molar-refractivity contribution is 5.08. The smallest absolute Gasteiger partial charge is 0.0469 e. The van der Waals surface area contributed by atoms with Crippen LogP contribution in [0.3, 0.4) is 0 Å². The lowest BCUT2D eigenvalue weighted by molar-refractivity contribution is 0.118. The van der Waals surface area contributed by atoms with Gasteiger partial charge in [0, 0.05) is 13.2 Å². The molecule has 0 radical (unpaired) electrons. The molecule has 2 unspecified atom stereocenters. The van der Waals surface area contributed by atoms with Gasteiger partial charge in [0.1, 0.15) is 0 Å². The van der Waals surface area contributed by atoms with Crippen LogP contribution in [0.2, 0.25) is 0 Å². The van der Waals surface area contributed by atoms with E-state index in [1.807, 2.05) is 0 Å². The maximum Gasteiger partial charge on any atom is 0.0469 e. The second kappa shape index (κ2) is 20.6. The molecule has 0 heterocycles. The first kappa shape index (κ1) is 38.2. The zero-order valence-electron chi connectivity index (χ0n) is 33.0. The lowest BCUT2D eigenvalue weighted by atomic mass is 9.65. The van der Waals surface area contributed by atoms with Crippen LogP contribution < -0.4 is 0 Å². The molecule has 0 amide bonds. The second-order valence-electron chi connectivity index (χ2n) is 19.1. The molecule has 0 aromatic rings. The number of ether oxygens (including phenoxy) is 1. The number of hydrogen-bond acceptors (Lipinski definition) is 1. The summed E-state index contributed by atoms with van der Waals surface area (Å²) in [6.07, 6.45) is 49.4. The van der Waals surface area contributed by atoms with E-state index in [-0.39, 0.29) is 0 Å². The van der Waals surface area contributed by atoms with Gasteiger partial charge in [-0.15, -0.1) is 0 Å². The van der Waals surface area contributed by atoms with Gasteiger partial charge in [-0.1, -0.05) is 88.5 Å². The summed E-state index contributed by atoms with van der Waals surface area (Å²) in [5.74, 6) is 10.5. The van der Waals surface area contributed by atoms with Crippen LogP contribution in [0.25, 0.3) is 0 Å². The molecule has 2 atom stereocenters.